The van der Waals surface area contributed by atoms with E-state index in [1.807, 2.05) is 0 Å². The van der Waals surface area contributed by atoms with Gasteiger partial charge in [0, 0.05) is 27.2 Å². The molecule has 1 saturated heterocycles. The Kier molecular flexibility index (Phi) is 9.19. The smallest absolute Gasteiger partial charge is 0.338 e. The van der Waals surface area contributed by atoms with Crippen LogP contribution in [0.2, 0.25) is 0 Å². The van der Waals surface area contributed by atoms with Gasteiger partial charge in [-0.2, -0.15) is 0 Å². The van der Waals surface area contributed by atoms with Gasteiger partial charge in [-0.1, -0.05) is 36.4 Å². The Morgan fingerprint density at radius 1 is 0.708 bits per heavy atom. The molecule has 3 aliphatic rings. The molecule has 13 nitrogen and oxygen atoms in total. The number of hydrogen-bond donors (Lipinski definition) is 2. The van der Waals surface area contributed by atoms with Gasteiger partial charge in [-0.15, -0.1) is 0 Å². The summed E-state index contributed by atoms with van der Waals surface area (Å²) in [7, 11) is 0. The highest BCUT2D eigenvalue weighted by molar-refractivity contribution is 5.90. The Balaban J connectivity index is 1.85. The number of fused-ring (bicyclic) bond motifs is 1. The second-order valence-electron chi connectivity index (χ2n) is 13.3. The Labute approximate surface area is 277 Å². The van der Waals surface area contributed by atoms with Gasteiger partial charge in [-0.05, 0) is 45.0 Å². The van der Waals surface area contributed by atoms with E-state index in [0.29, 0.717) is 0 Å². The van der Waals surface area contributed by atoms with E-state index < -0.39 is 102 Å². The first-order chi connectivity index (χ1) is 22.5. The lowest BCUT2D eigenvalue weighted by Crippen LogP contribution is -2.85. The number of aliphatic hydroxyl groups is 2. The number of rotatable bonds is 8. The maximum Gasteiger partial charge on any atom is 0.338 e. The van der Waals surface area contributed by atoms with Crippen LogP contribution in [-0.4, -0.2) is 94.0 Å². The molecule has 13 heteroatoms. The van der Waals surface area contributed by atoms with Gasteiger partial charge in [0.15, 0.2) is 12.2 Å². The third-order valence-electron chi connectivity index (χ3n) is 9.71. The number of esters is 5. The average Bonchev–Trinajstić information content (AvgIpc) is 3.21. The molecule has 2 bridgehead atoms. The van der Waals surface area contributed by atoms with Gasteiger partial charge < -0.3 is 38.6 Å². The fourth-order valence-electron chi connectivity index (χ4n) is 8.19. The van der Waals surface area contributed by atoms with Crippen molar-refractivity contribution >= 4 is 29.8 Å². The third kappa shape index (κ3) is 5.53. The molecule has 9 atom stereocenters. The predicted molar refractivity (Wildman–Crippen MR) is 164 cm³/mol. The van der Waals surface area contributed by atoms with E-state index >= 15 is 0 Å². The summed E-state index contributed by atoms with van der Waals surface area (Å²) in [5.41, 5.74) is -7.84. The van der Waals surface area contributed by atoms with E-state index in [2.05, 4.69) is 0 Å². The van der Waals surface area contributed by atoms with Crippen molar-refractivity contribution in [2.24, 2.45) is 11.3 Å². The number of hydrogen-bond acceptors (Lipinski definition) is 13. The minimum atomic E-state index is -2.29. The summed E-state index contributed by atoms with van der Waals surface area (Å²) >= 11 is 0. The topological polar surface area (TPSA) is 181 Å². The summed E-state index contributed by atoms with van der Waals surface area (Å²) in [6.07, 6.45) is -8.34. The standard InChI is InChI=1S/C35H40O13/c1-19(37)43-24-17-33(6,42)35-28(45-21(3)39)25(32(4,5)48-35)26(46-30(40)22-13-9-7-10-14-22)29(34(35,18-36)27(24)44-20(2)38)47-31(41)23-15-11-8-12-16-23/h7-16,24-29,36,42H,17-18H2,1-6H3/t24-,25+,26-,27-,28+,29-,33+,34-,35-/m0/s1. The monoisotopic (exact) mass is 668 g/mol. The molecule has 1 heterocycles. The Hall–Kier alpha value is -4.33. The summed E-state index contributed by atoms with van der Waals surface area (Å²) in [6, 6.07) is 15.8. The van der Waals surface area contributed by atoms with Crippen molar-refractivity contribution in [3.63, 3.8) is 0 Å². The minimum Gasteiger partial charge on any atom is -0.459 e. The molecule has 0 aromatic heterocycles. The number of aliphatic hydroxyl groups excluding tert-OH is 1. The highest BCUT2D eigenvalue weighted by atomic mass is 16.6. The SMILES string of the molecule is CC(=O)O[C@H]1C[C@@](C)(O)[C@]23OC(C)(C)[C@H]([C@H](OC(=O)c4ccccc4)[C@H](OC(=O)c4ccccc4)[C@]2(CO)[C@H]1OC(C)=O)[C@H]3OC(C)=O. The van der Waals surface area contributed by atoms with Crippen LogP contribution in [0.25, 0.3) is 0 Å². The molecule has 2 aromatic carbocycles. The van der Waals surface area contributed by atoms with Crippen LogP contribution in [-0.2, 0) is 42.8 Å². The Morgan fingerprint density at radius 2 is 1.19 bits per heavy atom. The molecule has 0 unspecified atom stereocenters. The van der Waals surface area contributed by atoms with Crippen LogP contribution in [0.4, 0.5) is 0 Å². The molecule has 1 spiro atoms. The molecule has 48 heavy (non-hydrogen) atoms. The number of benzene rings is 2. The van der Waals surface area contributed by atoms with Crippen LogP contribution in [0.3, 0.4) is 0 Å². The molecule has 0 amide bonds. The lowest BCUT2D eigenvalue weighted by atomic mass is 9.45. The van der Waals surface area contributed by atoms with Crippen molar-refractivity contribution in [2.75, 3.05) is 6.61 Å². The maximum atomic E-state index is 13.9. The maximum absolute atomic E-state index is 13.9. The van der Waals surface area contributed by atoms with Crippen molar-refractivity contribution < 1.29 is 62.6 Å². The van der Waals surface area contributed by atoms with Gasteiger partial charge in [0.2, 0.25) is 0 Å². The van der Waals surface area contributed by atoms with Crippen molar-refractivity contribution in [3.05, 3.63) is 71.8 Å². The lowest BCUT2D eigenvalue weighted by molar-refractivity contribution is -0.362. The summed E-state index contributed by atoms with van der Waals surface area (Å²) in [5, 5.41) is 24.2. The van der Waals surface area contributed by atoms with Crippen LogP contribution >= 0.6 is 0 Å². The van der Waals surface area contributed by atoms with Crippen LogP contribution in [0.1, 0.15) is 68.7 Å². The zero-order valence-corrected chi connectivity index (χ0v) is 27.5. The molecule has 2 saturated carbocycles. The highest BCUT2D eigenvalue weighted by Crippen LogP contribution is 2.69. The first kappa shape index (κ1) is 35.0. The molecule has 2 aromatic rings. The average molecular weight is 669 g/mol. The Bertz CT molecular complexity index is 1570. The van der Waals surface area contributed by atoms with Gasteiger partial charge in [-0.25, -0.2) is 9.59 Å². The molecule has 2 N–H and O–H groups in total. The highest BCUT2D eigenvalue weighted by Gasteiger charge is 2.88. The van der Waals surface area contributed by atoms with Crippen molar-refractivity contribution in [1.82, 2.24) is 0 Å². The van der Waals surface area contributed by atoms with Crippen molar-refractivity contribution in [1.29, 1.82) is 0 Å². The zero-order valence-electron chi connectivity index (χ0n) is 27.5. The fourth-order valence-corrected chi connectivity index (χ4v) is 8.19. The van der Waals surface area contributed by atoms with Crippen molar-refractivity contribution in [2.45, 2.75) is 95.3 Å². The van der Waals surface area contributed by atoms with E-state index in [0.717, 1.165) is 20.8 Å². The van der Waals surface area contributed by atoms with E-state index in [1.165, 1.54) is 31.2 Å². The first-order valence-corrected chi connectivity index (χ1v) is 15.6. The summed E-state index contributed by atoms with van der Waals surface area (Å²) in [4.78, 5) is 65.8. The predicted octanol–water partition coefficient (Wildman–Crippen LogP) is 2.54. The van der Waals surface area contributed by atoms with Crippen molar-refractivity contribution in [3.8, 4) is 0 Å². The van der Waals surface area contributed by atoms with Crippen LogP contribution in [0.5, 0.6) is 0 Å². The van der Waals surface area contributed by atoms with Crippen LogP contribution < -0.4 is 0 Å². The van der Waals surface area contributed by atoms with Gasteiger partial charge in [0.05, 0.1) is 34.9 Å². The second-order valence-corrected chi connectivity index (χ2v) is 13.3. The number of ether oxygens (including phenoxy) is 6. The second kappa shape index (κ2) is 12.6. The van der Waals surface area contributed by atoms with Gasteiger partial charge in [0.25, 0.3) is 0 Å². The molecular formula is C35H40O13. The normalized spacial score (nSPS) is 34.6. The van der Waals surface area contributed by atoms with Gasteiger partial charge in [0.1, 0.15) is 29.3 Å². The largest absolute Gasteiger partial charge is 0.459 e. The fraction of sp³-hybridized carbons (Fsp3) is 0.514. The zero-order chi connectivity index (χ0) is 35.2. The quantitative estimate of drug-likeness (QED) is 0.310. The number of carbonyl (C=O) groups excluding carboxylic acids is 5. The number of carbonyl (C=O) groups is 5. The van der Waals surface area contributed by atoms with E-state index in [9.17, 15) is 34.2 Å². The minimum absolute atomic E-state index is 0.0885. The molecule has 1 aliphatic heterocycles. The van der Waals surface area contributed by atoms with Gasteiger partial charge >= 0.3 is 29.8 Å². The molecule has 0 radical (unpaired) electrons. The molecule has 5 rings (SSSR count). The third-order valence-corrected chi connectivity index (χ3v) is 9.71. The lowest BCUT2D eigenvalue weighted by Gasteiger charge is -2.66. The molecule has 258 valence electrons. The van der Waals surface area contributed by atoms with Crippen LogP contribution in [0.15, 0.2) is 60.7 Å². The van der Waals surface area contributed by atoms with E-state index in [-0.39, 0.29) is 11.1 Å². The molecule has 2 aliphatic carbocycles. The first-order valence-electron chi connectivity index (χ1n) is 15.6. The summed E-state index contributed by atoms with van der Waals surface area (Å²) in [6.45, 7) is 6.85. The van der Waals surface area contributed by atoms with E-state index in [1.54, 1.807) is 50.2 Å². The summed E-state index contributed by atoms with van der Waals surface area (Å²) < 4.78 is 36.6. The van der Waals surface area contributed by atoms with Crippen LogP contribution in [0, 0.1) is 11.3 Å². The Morgan fingerprint density at radius 3 is 1.67 bits per heavy atom. The molecule has 3 fully saturated rings. The molecular weight excluding hydrogens is 628 g/mol. The van der Waals surface area contributed by atoms with Gasteiger partial charge in [-0.3, -0.25) is 14.4 Å². The van der Waals surface area contributed by atoms with E-state index in [4.69, 9.17) is 28.4 Å². The summed E-state index contributed by atoms with van der Waals surface area (Å²) in [5.74, 6) is -5.38.